The molecule has 0 radical (unpaired) electrons. The molecule has 4 aromatic rings. The van der Waals surface area contributed by atoms with E-state index in [1.165, 1.54) is 0 Å². The maximum atomic E-state index is 11.7. The van der Waals surface area contributed by atoms with Crippen LogP contribution in [0, 0.1) is 0 Å². The lowest BCUT2D eigenvalue weighted by atomic mass is 9.99. The molecule has 5 nitrogen and oxygen atoms in total. The average Bonchev–Trinajstić information content (AvgIpc) is 3.07. The number of Topliss-reactive ketones (excluding diaryl/α,β-unsaturated/α-hetero) is 1. The summed E-state index contributed by atoms with van der Waals surface area (Å²) in [7, 11) is 1.90. The number of aromatic nitrogens is 4. The maximum Gasteiger partial charge on any atom is 0.161 e. The monoisotopic (exact) mass is 328 g/mol. The van der Waals surface area contributed by atoms with Crippen molar-refractivity contribution >= 4 is 16.7 Å². The van der Waals surface area contributed by atoms with Gasteiger partial charge < -0.3 is 0 Å². The Morgan fingerprint density at radius 3 is 2.40 bits per heavy atom. The number of aryl methyl sites for hydroxylation is 1. The highest BCUT2D eigenvalue weighted by Crippen LogP contribution is 2.29. The summed E-state index contributed by atoms with van der Waals surface area (Å²) in [6, 6.07) is 10.1. The van der Waals surface area contributed by atoms with Crippen molar-refractivity contribution < 1.29 is 4.79 Å². The Balaban J connectivity index is 1.81. The van der Waals surface area contributed by atoms with Crippen LogP contribution in [0.3, 0.4) is 0 Å². The Morgan fingerprint density at radius 2 is 1.72 bits per heavy atom. The van der Waals surface area contributed by atoms with Gasteiger partial charge in [0.2, 0.25) is 0 Å². The van der Waals surface area contributed by atoms with Crippen LogP contribution in [-0.4, -0.2) is 25.5 Å². The van der Waals surface area contributed by atoms with Gasteiger partial charge in [0.05, 0.1) is 17.9 Å². The number of carbonyl (C=O) groups excluding carboxylic acids is 1. The predicted molar refractivity (Wildman–Crippen MR) is 97.2 cm³/mol. The summed E-state index contributed by atoms with van der Waals surface area (Å²) >= 11 is 0. The van der Waals surface area contributed by atoms with Gasteiger partial charge in [-0.3, -0.25) is 19.4 Å². The number of benzene rings is 1. The number of carbonyl (C=O) groups is 1. The number of rotatable bonds is 3. The summed E-state index contributed by atoms with van der Waals surface area (Å²) in [5.41, 5.74) is 5.56. The van der Waals surface area contributed by atoms with Crippen molar-refractivity contribution in [3.63, 3.8) is 0 Å². The minimum atomic E-state index is 0.00378. The van der Waals surface area contributed by atoms with Crippen LogP contribution in [0.5, 0.6) is 0 Å². The van der Waals surface area contributed by atoms with E-state index < -0.39 is 0 Å². The number of hydrogen-bond donors (Lipinski definition) is 0. The van der Waals surface area contributed by atoms with Crippen molar-refractivity contribution in [2.24, 2.45) is 7.05 Å². The summed E-state index contributed by atoms with van der Waals surface area (Å²) in [5, 5.41) is 5.13. The molecular formula is C20H16N4O. The van der Waals surface area contributed by atoms with Crippen LogP contribution in [0.1, 0.15) is 17.3 Å². The van der Waals surface area contributed by atoms with Crippen LogP contribution in [0.25, 0.3) is 33.2 Å². The quantitative estimate of drug-likeness (QED) is 0.535. The Kier molecular flexibility index (Phi) is 3.61. The average molecular weight is 328 g/mol. The molecule has 0 atom stereocenters. The Hall–Kier alpha value is -3.34. The Labute approximate surface area is 145 Å². The normalized spacial score (nSPS) is 11.0. The third-order valence-corrected chi connectivity index (χ3v) is 4.25. The molecule has 4 rings (SSSR count). The van der Waals surface area contributed by atoms with Gasteiger partial charge in [-0.25, -0.2) is 0 Å². The van der Waals surface area contributed by atoms with Crippen LogP contribution in [0.15, 0.2) is 61.3 Å². The summed E-state index contributed by atoms with van der Waals surface area (Å²) in [4.78, 5) is 20.3. The minimum Gasteiger partial charge on any atom is -0.294 e. The first-order valence-corrected chi connectivity index (χ1v) is 7.96. The number of fused-ring (bicyclic) bond motifs is 1. The Bertz CT molecular complexity index is 1080. The molecule has 0 aliphatic heterocycles. The lowest BCUT2D eigenvalue weighted by Crippen LogP contribution is -1.95. The summed E-state index contributed by atoms with van der Waals surface area (Å²) in [5.74, 6) is 0.00378. The SMILES string of the molecule is CC(=O)c1cnc2cncc(-c3ccc(-c4cnn(C)c4)cc3)c2c1. The molecule has 0 saturated heterocycles. The van der Waals surface area contributed by atoms with Crippen molar-refractivity contribution in [2.75, 3.05) is 0 Å². The van der Waals surface area contributed by atoms with E-state index in [-0.39, 0.29) is 5.78 Å². The fourth-order valence-corrected chi connectivity index (χ4v) is 2.88. The summed E-state index contributed by atoms with van der Waals surface area (Å²) in [6.45, 7) is 1.55. The fourth-order valence-electron chi connectivity index (χ4n) is 2.88. The zero-order valence-corrected chi connectivity index (χ0v) is 14.0. The first-order valence-electron chi connectivity index (χ1n) is 7.96. The molecular weight excluding hydrogens is 312 g/mol. The third kappa shape index (κ3) is 2.80. The molecule has 122 valence electrons. The molecule has 0 aliphatic rings. The van der Waals surface area contributed by atoms with E-state index in [4.69, 9.17) is 0 Å². The molecule has 0 spiro atoms. The molecule has 0 saturated carbocycles. The molecule has 0 aliphatic carbocycles. The summed E-state index contributed by atoms with van der Waals surface area (Å²) < 4.78 is 1.78. The van der Waals surface area contributed by atoms with Gasteiger partial charge in [-0.2, -0.15) is 5.10 Å². The maximum absolute atomic E-state index is 11.7. The van der Waals surface area contributed by atoms with Gasteiger partial charge in [0.1, 0.15) is 0 Å². The van der Waals surface area contributed by atoms with E-state index in [1.54, 1.807) is 24.0 Å². The highest BCUT2D eigenvalue weighted by Gasteiger charge is 2.09. The zero-order chi connectivity index (χ0) is 17.4. The molecule has 3 aromatic heterocycles. The van der Waals surface area contributed by atoms with Crippen LogP contribution >= 0.6 is 0 Å². The van der Waals surface area contributed by atoms with E-state index in [0.717, 1.165) is 33.2 Å². The van der Waals surface area contributed by atoms with Crippen molar-refractivity contribution in [1.82, 2.24) is 19.7 Å². The van der Waals surface area contributed by atoms with Gasteiger partial charge in [-0.05, 0) is 24.1 Å². The molecule has 0 N–H and O–H groups in total. The van der Waals surface area contributed by atoms with Crippen molar-refractivity contribution in [3.8, 4) is 22.3 Å². The fraction of sp³-hybridized carbons (Fsp3) is 0.100. The second-order valence-electron chi connectivity index (χ2n) is 6.01. The van der Waals surface area contributed by atoms with Gasteiger partial charge in [-0.1, -0.05) is 24.3 Å². The third-order valence-electron chi connectivity index (χ3n) is 4.25. The topological polar surface area (TPSA) is 60.7 Å². The highest BCUT2D eigenvalue weighted by atomic mass is 16.1. The standard InChI is InChI=1S/C20H16N4O/c1-13(25)16-7-18-19(10-21-11-20(18)22-8-16)15-5-3-14(4-6-15)17-9-23-24(2)12-17/h3-12H,1-2H3. The number of hydrogen-bond acceptors (Lipinski definition) is 4. The molecule has 0 unspecified atom stereocenters. The van der Waals surface area contributed by atoms with Crippen LogP contribution < -0.4 is 0 Å². The largest absolute Gasteiger partial charge is 0.294 e. The number of nitrogens with zero attached hydrogens (tertiary/aromatic N) is 4. The first kappa shape index (κ1) is 15.2. The molecule has 3 heterocycles. The molecule has 1 aromatic carbocycles. The molecule has 25 heavy (non-hydrogen) atoms. The Morgan fingerprint density at radius 1 is 0.960 bits per heavy atom. The molecule has 0 amide bonds. The van der Waals surface area contributed by atoms with Crippen LogP contribution in [0.2, 0.25) is 0 Å². The van der Waals surface area contributed by atoms with Crippen molar-refractivity contribution in [3.05, 3.63) is 66.9 Å². The van der Waals surface area contributed by atoms with Crippen LogP contribution in [-0.2, 0) is 7.05 Å². The molecule has 0 bridgehead atoms. The van der Waals surface area contributed by atoms with Crippen molar-refractivity contribution in [2.45, 2.75) is 6.92 Å². The van der Waals surface area contributed by atoms with Gasteiger partial charge in [0, 0.05) is 47.7 Å². The van der Waals surface area contributed by atoms with Gasteiger partial charge in [0.15, 0.2) is 5.78 Å². The lowest BCUT2D eigenvalue weighted by Gasteiger charge is -2.08. The molecule has 0 fully saturated rings. The minimum absolute atomic E-state index is 0.00378. The lowest BCUT2D eigenvalue weighted by molar-refractivity contribution is 0.101. The van der Waals surface area contributed by atoms with Gasteiger partial charge >= 0.3 is 0 Å². The van der Waals surface area contributed by atoms with E-state index >= 15 is 0 Å². The smallest absolute Gasteiger partial charge is 0.161 e. The predicted octanol–water partition coefficient (Wildman–Crippen LogP) is 3.90. The van der Waals surface area contributed by atoms with Crippen molar-refractivity contribution in [1.29, 1.82) is 0 Å². The van der Waals surface area contributed by atoms with E-state index in [2.05, 4.69) is 39.3 Å². The zero-order valence-electron chi connectivity index (χ0n) is 14.0. The van der Waals surface area contributed by atoms with Gasteiger partial charge in [-0.15, -0.1) is 0 Å². The molecule has 5 heteroatoms. The van der Waals surface area contributed by atoms with E-state index in [0.29, 0.717) is 5.56 Å². The van der Waals surface area contributed by atoms with E-state index in [1.807, 2.05) is 31.7 Å². The van der Waals surface area contributed by atoms with Crippen LogP contribution in [0.4, 0.5) is 0 Å². The first-order chi connectivity index (χ1) is 12.1. The number of ketones is 1. The highest BCUT2D eigenvalue weighted by molar-refractivity contribution is 6.01. The number of pyridine rings is 2. The summed E-state index contributed by atoms with van der Waals surface area (Å²) in [6.07, 6.45) is 8.95. The second kappa shape index (κ2) is 5.94. The van der Waals surface area contributed by atoms with E-state index in [9.17, 15) is 4.79 Å². The second-order valence-corrected chi connectivity index (χ2v) is 6.01. The van der Waals surface area contributed by atoms with Gasteiger partial charge in [0.25, 0.3) is 0 Å².